The maximum atomic E-state index is 14.2. The third kappa shape index (κ3) is 7.59. The first kappa shape index (κ1) is 26.4. The second kappa shape index (κ2) is 10.4. The summed E-state index contributed by atoms with van der Waals surface area (Å²) in [5.41, 5.74) is 0.746. The summed E-state index contributed by atoms with van der Waals surface area (Å²) in [6.07, 6.45) is -0.962. The number of halogens is 4. The SMILES string of the molecule is CCCc1cc(C(F)(F)F)ccc1C=C(C)C(=O)NC(C)c1ccc(NS(C)(=O)=O)c(F)c1. The van der Waals surface area contributed by atoms with Crippen LogP contribution < -0.4 is 10.0 Å². The normalized spacial score (nSPS) is 13.5. The number of rotatable bonds is 8. The number of carbonyl (C=O) groups is 1. The molecule has 0 saturated carbocycles. The number of benzene rings is 2. The van der Waals surface area contributed by atoms with Gasteiger partial charge in [0.2, 0.25) is 15.9 Å². The first-order valence-corrected chi connectivity index (χ1v) is 12.1. The third-order valence-corrected chi connectivity index (χ3v) is 5.45. The molecule has 33 heavy (non-hydrogen) atoms. The predicted octanol–water partition coefficient (Wildman–Crippen LogP) is 5.45. The second-order valence-electron chi connectivity index (χ2n) is 7.80. The van der Waals surface area contributed by atoms with Crippen LogP contribution >= 0.6 is 0 Å². The van der Waals surface area contributed by atoms with E-state index in [1.54, 1.807) is 6.92 Å². The van der Waals surface area contributed by atoms with Crippen LogP contribution in [0, 0.1) is 5.82 Å². The van der Waals surface area contributed by atoms with E-state index in [-0.39, 0.29) is 11.3 Å². The highest BCUT2D eigenvalue weighted by Gasteiger charge is 2.30. The van der Waals surface area contributed by atoms with E-state index in [0.717, 1.165) is 24.5 Å². The lowest BCUT2D eigenvalue weighted by atomic mass is 9.98. The van der Waals surface area contributed by atoms with Crippen molar-refractivity contribution in [1.82, 2.24) is 5.32 Å². The third-order valence-electron chi connectivity index (χ3n) is 4.86. The number of amides is 1. The summed E-state index contributed by atoms with van der Waals surface area (Å²) in [5, 5.41) is 2.71. The number of aryl methyl sites for hydroxylation is 1. The number of anilines is 1. The van der Waals surface area contributed by atoms with E-state index in [2.05, 4.69) is 10.0 Å². The fraction of sp³-hybridized carbons (Fsp3) is 0.348. The molecule has 0 fully saturated rings. The maximum absolute atomic E-state index is 14.2. The monoisotopic (exact) mass is 486 g/mol. The van der Waals surface area contributed by atoms with Crippen molar-refractivity contribution in [2.24, 2.45) is 0 Å². The summed E-state index contributed by atoms with van der Waals surface area (Å²) in [7, 11) is -3.64. The molecule has 5 nitrogen and oxygen atoms in total. The summed E-state index contributed by atoms with van der Waals surface area (Å²) in [5.74, 6) is -1.26. The molecule has 0 radical (unpaired) electrons. The second-order valence-corrected chi connectivity index (χ2v) is 9.55. The number of hydrogen-bond acceptors (Lipinski definition) is 3. The molecule has 0 aromatic heterocycles. The van der Waals surface area contributed by atoms with E-state index in [1.807, 2.05) is 6.92 Å². The highest BCUT2D eigenvalue weighted by atomic mass is 32.2. The molecule has 2 aromatic rings. The molecule has 0 aliphatic heterocycles. The Hall–Kier alpha value is -2.88. The van der Waals surface area contributed by atoms with Gasteiger partial charge in [-0.25, -0.2) is 12.8 Å². The maximum Gasteiger partial charge on any atom is 0.416 e. The van der Waals surface area contributed by atoms with Gasteiger partial charge in [0.05, 0.1) is 23.5 Å². The summed E-state index contributed by atoms with van der Waals surface area (Å²) in [6.45, 7) is 5.02. The van der Waals surface area contributed by atoms with E-state index < -0.39 is 39.5 Å². The fourth-order valence-corrected chi connectivity index (χ4v) is 3.75. The van der Waals surface area contributed by atoms with E-state index in [0.29, 0.717) is 29.5 Å². The molecule has 2 N–H and O–H groups in total. The Bertz CT molecular complexity index is 1160. The van der Waals surface area contributed by atoms with E-state index >= 15 is 0 Å². The highest BCUT2D eigenvalue weighted by Crippen LogP contribution is 2.31. The molecule has 0 bridgehead atoms. The molecule has 0 aliphatic carbocycles. The summed E-state index contributed by atoms with van der Waals surface area (Å²) < 4.78 is 77.9. The number of sulfonamides is 1. The van der Waals surface area contributed by atoms with Crippen molar-refractivity contribution in [3.8, 4) is 0 Å². The fourth-order valence-electron chi connectivity index (χ4n) is 3.18. The van der Waals surface area contributed by atoms with Gasteiger partial charge < -0.3 is 5.32 Å². The Morgan fingerprint density at radius 2 is 1.82 bits per heavy atom. The Kier molecular flexibility index (Phi) is 8.29. The Labute approximate surface area is 190 Å². The Morgan fingerprint density at radius 1 is 1.15 bits per heavy atom. The summed E-state index contributed by atoms with van der Waals surface area (Å²) in [6, 6.07) is 6.67. The largest absolute Gasteiger partial charge is 0.416 e. The minimum absolute atomic E-state index is 0.207. The van der Waals surface area contributed by atoms with Crippen LogP contribution in [0.4, 0.5) is 23.2 Å². The van der Waals surface area contributed by atoms with Crippen molar-refractivity contribution in [1.29, 1.82) is 0 Å². The average molecular weight is 487 g/mol. The molecule has 2 aromatic carbocycles. The van der Waals surface area contributed by atoms with Gasteiger partial charge >= 0.3 is 6.18 Å². The molecule has 180 valence electrons. The van der Waals surface area contributed by atoms with Crippen LogP contribution in [0.3, 0.4) is 0 Å². The van der Waals surface area contributed by atoms with Crippen LogP contribution in [0.2, 0.25) is 0 Å². The van der Waals surface area contributed by atoms with Gasteiger partial charge in [-0.15, -0.1) is 0 Å². The van der Waals surface area contributed by atoms with Crippen LogP contribution in [0.25, 0.3) is 6.08 Å². The lowest BCUT2D eigenvalue weighted by molar-refractivity contribution is -0.137. The minimum Gasteiger partial charge on any atom is -0.346 e. The number of nitrogens with one attached hydrogen (secondary N) is 2. The molecule has 0 heterocycles. The van der Waals surface area contributed by atoms with Crippen molar-refractivity contribution in [2.45, 2.75) is 45.8 Å². The predicted molar refractivity (Wildman–Crippen MR) is 121 cm³/mol. The van der Waals surface area contributed by atoms with Gasteiger partial charge in [-0.1, -0.05) is 25.5 Å². The van der Waals surface area contributed by atoms with Gasteiger partial charge in [0.1, 0.15) is 5.82 Å². The highest BCUT2D eigenvalue weighted by molar-refractivity contribution is 7.92. The lowest BCUT2D eigenvalue weighted by Gasteiger charge is -2.16. The van der Waals surface area contributed by atoms with Gasteiger partial charge in [0.25, 0.3) is 0 Å². The lowest BCUT2D eigenvalue weighted by Crippen LogP contribution is -2.27. The quantitative estimate of drug-likeness (QED) is 0.385. The molecule has 0 spiro atoms. The van der Waals surface area contributed by atoms with Crippen molar-refractivity contribution in [3.05, 3.63) is 70.0 Å². The van der Waals surface area contributed by atoms with Gasteiger partial charge in [-0.3, -0.25) is 9.52 Å². The standard InChI is InChI=1S/C23H26F4N2O3S/c1-5-6-17-12-19(23(25,26)27)9-7-18(17)11-14(2)22(30)28-15(3)16-8-10-21(20(24)13-16)29-33(4,31)32/h7-13,15,29H,5-6H2,1-4H3,(H,28,30). The molecule has 0 aliphatic rings. The van der Waals surface area contributed by atoms with E-state index in [4.69, 9.17) is 0 Å². The Balaban J connectivity index is 2.20. The zero-order valence-corrected chi connectivity index (χ0v) is 19.5. The smallest absolute Gasteiger partial charge is 0.346 e. The van der Waals surface area contributed by atoms with Crippen molar-refractivity contribution in [3.63, 3.8) is 0 Å². The molecular formula is C23H26F4N2O3S. The van der Waals surface area contributed by atoms with Gasteiger partial charge in [0, 0.05) is 5.57 Å². The molecule has 2 rings (SSSR count). The van der Waals surface area contributed by atoms with Crippen LogP contribution in [-0.2, 0) is 27.4 Å². The van der Waals surface area contributed by atoms with Crippen LogP contribution in [0.1, 0.15) is 55.5 Å². The topological polar surface area (TPSA) is 75.3 Å². The van der Waals surface area contributed by atoms with Crippen molar-refractivity contribution < 1.29 is 30.8 Å². The van der Waals surface area contributed by atoms with Gasteiger partial charge in [-0.05, 0) is 67.3 Å². The molecule has 1 amide bonds. The van der Waals surface area contributed by atoms with Crippen molar-refractivity contribution >= 4 is 27.7 Å². The average Bonchev–Trinajstić information content (AvgIpc) is 2.69. The number of carbonyl (C=O) groups excluding carboxylic acids is 1. The Morgan fingerprint density at radius 3 is 2.36 bits per heavy atom. The number of hydrogen-bond donors (Lipinski definition) is 2. The summed E-state index contributed by atoms with van der Waals surface area (Å²) >= 11 is 0. The molecule has 0 saturated heterocycles. The van der Waals surface area contributed by atoms with Crippen LogP contribution in [0.15, 0.2) is 42.0 Å². The van der Waals surface area contributed by atoms with Gasteiger partial charge in [-0.2, -0.15) is 13.2 Å². The van der Waals surface area contributed by atoms with E-state index in [1.165, 1.54) is 31.2 Å². The first-order valence-electron chi connectivity index (χ1n) is 10.2. The van der Waals surface area contributed by atoms with Gasteiger partial charge in [0.15, 0.2) is 0 Å². The molecular weight excluding hydrogens is 460 g/mol. The summed E-state index contributed by atoms with van der Waals surface area (Å²) in [4.78, 5) is 12.6. The zero-order valence-electron chi connectivity index (χ0n) is 18.7. The molecule has 1 unspecified atom stereocenters. The van der Waals surface area contributed by atoms with E-state index in [9.17, 15) is 30.8 Å². The molecule has 1 atom stereocenters. The van der Waals surface area contributed by atoms with Crippen LogP contribution in [0.5, 0.6) is 0 Å². The van der Waals surface area contributed by atoms with Crippen LogP contribution in [-0.4, -0.2) is 20.6 Å². The molecule has 10 heteroatoms. The first-order chi connectivity index (χ1) is 15.2. The number of alkyl halides is 3. The zero-order chi connectivity index (χ0) is 25.0. The van der Waals surface area contributed by atoms with Crippen molar-refractivity contribution in [2.75, 3.05) is 11.0 Å². The minimum atomic E-state index is -4.45.